The number of aromatic amines is 1. The maximum Gasteiger partial charge on any atom is 0.274 e. The predicted molar refractivity (Wildman–Crippen MR) is 138 cm³/mol. The molecule has 2 amide bonds. The topological polar surface area (TPSA) is 86.9 Å². The minimum atomic E-state index is -0.381. The van der Waals surface area contributed by atoms with E-state index in [1.54, 1.807) is 24.1 Å². The van der Waals surface area contributed by atoms with E-state index in [0.29, 0.717) is 36.8 Å². The summed E-state index contributed by atoms with van der Waals surface area (Å²) >= 11 is 5.49. The number of fused-ring (bicyclic) bond motifs is 6. The summed E-state index contributed by atoms with van der Waals surface area (Å²) in [6, 6.07) is 13.8. The highest BCUT2D eigenvalue weighted by Gasteiger charge is 2.42. The molecule has 2 N–H and O–H groups in total. The van der Waals surface area contributed by atoms with Crippen LogP contribution in [0, 0.1) is 0 Å². The Morgan fingerprint density at radius 1 is 1.22 bits per heavy atom. The number of hydrogen-bond donors (Lipinski definition) is 2. The van der Waals surface area contributed by atoms with Gasteiger partial charge in [0.2, 0.25) is 5.91 Å². The van der Waals surface area contributed by atoms with Gasteiger partial charge in [-0.3, -0.25) is 14.5 Å². The first-order valence-electron chi connectivity index (χ1n) is 12.3. The predicted octanol–water partition coefficient (Wildman–Crippen LogP) is 3.60. The van der Waals surface area contributed by atoms with Gasteiger partial charge < -0.3 is 14.6 Å². The molecule has 2 bridgehead atoms. The lowest BCUT2D eigenvalue weighted by Gasteiger charge is -2.42. The van der Waals surface area contributed by atoms with E-state index < -0.39 is 0 Å². The van der Waals surface area contributed by atoms with E-state index >= 15 is 0 Å². The summed E-state index contributed by atoms with van der Waals surface area (Å²) in [4.78, 5) is 38.2. The molecule has 3 aliphatic heterocycles. The molecule has 186 valence electrons. The van der Waals surface area contributed by atoms with E-state index in [0.717, 1.165) is 52.5 Å². The molecule has 1 aromatic heterocycles. The number of amides is 2. The molecule has 2 atom stereocenters. The summed E-state index contributed by atoms with van der Waals surface area (Å²) in [5.74, 6) is -0.483. The van der Waals surface area contributed by atoms with Crippen LogP contribution in [-0.2, 0) is 27.3 Å². The van der Waals surface area contributed by atoms with Gasteiger partial charge in [-0.05, 0) is 66.4 Å². The van der Waals surface area contributed by atoms with Gasteiger partial charge >= 0.3 is 0 Å². The maximum atomic E-state index is 13.1. The number of carbonyl (C=O) groups is 2. The summed E-state index contributed by atoms with van der Waals surface area (Å²) in [6.45, 7) is 1.95. The van der Waals surface area contributed by atoms with Crippen LogP contribution < -0.4 is 5.48 Å². The Kier molecular flexibility index (Phi) is 5.99. The van der Waals surface area contributed by atoms with Crippen molar-refractivity contribution in [2.24, 2.45) is 0 Å². The zero-order valence-corrected chi connectivity index (χ0v) is 20.9. The van der Waals surface area contributed by atoms with Crippen LogP contribution in [0.1, 0.15) is 57.9 Å². The van der Waals surface area contributed by atoms with Gasteiger partial charge in [-0.15, -0.1) is 0 Å². The molecule has 0 saturated carbocycles. The van der Waals surface area contributed by atoms with Crippen molar-refractivity contribution in [1.29, 1.82) is 0 Å². The second-order valence-corrected chi connectivity index (χ2v) is 10.1. The number of likely N-dealkylation sites (N-methyl/N-ethyl adjacent to an activating group) is 1. The first kappa shape index (κ1) is 23.1. The van der Waals surface area contributed by atoms with Crippen LogP contribution in [0.15, 0.2) is 42.5 Å². The van der Waals surface area contributed by atoms with E-state index in [1.807, 2.05) is 18.2 Å². The number of hydroxylamine groups is 1. The summed E-state index contributed by atoms with van der Waals surface area (Å²) in [5, 5.41) is 1.70. The lowest BCUT2D eigenvalue weighted by molar-refractivity contribution is -0.186. The number of aromatic nitrogens is 1. The Morgan fingerprint density at radius 2 is 2.06 bits per heavy atom. The molecule has 4 heterocycles. The van der Waals surface area contributed by atoms with E-state index in [9.17, 15) is 9.59 Å². The number of ether oxygens (including phenoxy) is 1. The van der Waals surface area contributed by atoms with Crippen molar-refractivity contribution in [3.05, 3.63) is 70.4 Å². The summed E-state index contributed by atoms with van der Waals surface area (Å²) in [6.07, 6.45) is 3.14. The van der Waals surface area contributed by atoms with Crippen molar-refractivity contribution in [2.45, 2.75) is 44.4 Å². The van der Waals surface area contributed by atoms with Crippen molar-refractivity contribution in [3.8, 4) is 0 Å². The van der Waals surface area contributed by atoms with E-state index in [-0.39, 0.29) is 24.0 Å². The Morgan fingerprint density at radius 3 is 2.83 bits per heavy atom. The smallest absolute Gasteiger partial charge is 0.274 e. The first-order chi connectivity index (χ1) is 17.5. The second kappa shape index (κ2) is 9.31. The molecule has 2 fully saturated rings. The number of carbonyl (C=O) groups excluding carboxylic acids is 2. The molecule has 8 nitrogen and oxygen atoms in total. The fraction of sp³-hybridized carbons (Fsp3) is 0.370. The SMILES string of the molecule is CN1C(=O)C2CN(Cc3[nH]c4cccc(Cc5ccc(C(=O)NOC6CCCCO6)cc5)c4c32)C1=S. The van der Waals surface area contributed by atoms with Gasteiger partial charge in [-0.1, -0.05) is 24.3 Å². The minimum Gasteiger partial charge on any atom is -0.357 e. The van der Waals surface area contributed by atoms with Crippen LogP contribution in [-0.4, -0.2) is 58.2 Å². The molecule has 9 heteroatoms. The molecule has 2 aromatic carbocycles. The van der Waals surface area contributed by atoms with Crippen LogP contribution in [0.2, 0.25) is 0 Å². The first-order valence-corrected chi connectivity index (χ1v) is 12.8. The van der Waals surface area contributed by atoms with Crippen LogP contribution in [0.25, 0.3) is 10.9 Å². The summed E-state index contributed by atoms with van der Waals surface area (Å²) < 4.78 is 5.49. The highest BCUT2D eigenvalue weighted by Crippen LogP contribution is 2.40. The van der Waals surface area contributed by atoms with Crippen LogP contribution in [0.4, 0.5) is 0 Å². The van der Waals surface area contributed by atoms with Crippen molar-refractivity contribution in [3.63, 3.8) is 0 Å². The van der Waals surface area contributed by atoms with Gasteiger partial charge in [0.25, 0.3) is 5.91 Å². The molecule has 0 spiro atoms. The standard InChI is InChI=1S/C27H28N4O4S/c1-30-26(33)19-14-31(27(30)36)15-21-24(19)23-18(5-4-6-20(23)28-21)13-16-8-10-17(11-9-16)25(32)29-35-22-7-2-3-12-34-22/h4-6,8-11,19,22,28H,2-3,7,12-15H2,1H3,(H,29,32). The molecule has 0 aliphatic carbocycles. The summed E-state index contributed by atoms with van der Waals surface area (Å²) in [7, 11) is 1.76. The van der Waals surface area contributed by atoms with E-state index in [4.69, 9.17) is 21.8 Å². The highest BCUT2D eigenvalue weighted by molar-refractivity contribution is 7.80. The monoisotopic (exact) mass is 504 g/mol. The van der Waals surface area contributed by atoms with Crippen molar-refractivity contribution in [2.75, 3.05) is 20.2 Å². The zero-order valence-electron chi connectivity index (χ0n) is 20.1. The van der Waals surface area contributed by atoms with Gasteiger partial charge in [0, 0.05) is 48.8 Å². The largest absolute Gasteiger partial charge is 0.357 e. The Hall–Kier alpha value is -3.27. The third kappa shape index (κ3) is 4.07. The Balaban J connectivity index is 1.23. The molecular formula is C27H28N4O4S. The Labute approximate surface area is 214 Å². The average molecular weight is 505 g/mol. The molecule has 0 radical (unpaired) electrons. The molecule has 2 saturated heterocycles. The van der Waals surface area contributed by atoms with Crippen LogP contribution in [0.5, 0.6) is 0 Å². The fourth-order valence-electron chi connectivity index (χ4n) is 5.49. The lowest BCUT2D eigenvalue weighted by atomic mass is 9.87. The van der Waals surface area contributed by atoms with Crippen LogP contribution >= 0.6 is 12.2 Å². The van der Waals surface area contributed by atoms with Gasteiger partial charge in [-0.2, -0.15) is 0 Å². The van der Waals surface area contributed by atoms with Gasteiger partial charge in [0.15, 0.2) is 11.4 Å². The van der Waals surface area contributed by atoms with Gasteiger partial charge in [0.1, 0.15) is 0 Å². The molecular weight excluding hydrogens is 476 g/mol. The molecule has 2 unspecified atom stereocenters. The number of nitrogens with one attached hydrogen (secondary N) is 2. The molecule has 3 aromatic rings. The number of H-pyrrole nitrogens is 1. The number of thiocarbonyl (C=S) groups is 1. The third-order valence-electron chi connectivity index (χ3n) is 7.35. The fourth-order valence-corrected chi connectivity index (χ4v) is 5.72. The number of rotatable bonds is 5. The van der Waals surface area contributed by atoms with Gasteiger partial charge in [-0.25, -0.2) is 10.3 Å². The summed E-state index contributed by atoms with van der Waals surface area (Å²) in [5.41, 5.74) is 8.45. The number of nitrogens with zero attached hydrogens (tertiary/aromatic N) is 2. The second-order valence-electron chi connectivity index (χ2n) is 9.69. The van der Waals surface area contributed by atoms with E-state index in [1.165, 1.54) is 0 Å². The number of hydrogen-bond acceptors (Lipinski definition) is 5. The zero-order chi connectivity index (χ0) is 24.8. The van der Waals surface area contributed by atoms with Crippen LogP contribution in [0.3, 0.4) is 0 Å². The highest BCUT2D eigenvalue weighted by atomic mass is 32.1. The van der Waals surface area contributed by atoms with Gasteiger partial charge in [0.05, 0.1) is 12.5 Å². The molecule has 6 rings (SSSR count). The third-order valence-corrected chi connectivity index (χ3v) is 7.88. The van der Waals surface area contributed by atoms with Crippen molar-refractivity contribution < 1.29 is 19.2 Å². The van der Waals surface area contributed by atoms with E-state index in [2.05, 4.69) is 27.5 Å². The Bertz CT molecular complexity index is 1350. The normalized spacial score (nSPS) is 21.6. The van der Waals surface area contributed by atoms with Crippen molar-refractivity contribution >= 4 is 40.0 Å². The minimum absolute atomic E-state index is 0.0455. The average Bonchev–Trinajstić information content (AvgIpc) is 3.29. The lowest BCUT2D eigenvalue weighted by Crippen LogP contribution is -2.55. The van der Waals surface area contributed by atoms with Crippen molar-refractivity contribution in [1.82, 2.24) is 20.3 Å². The molecule has 3 aliphatic rings. The molecule has 36 heavy (non-hydrogen) atoms. The maximum absolute atomic E-state index is 13.1. The number of benzene rings is 2. The quantitative estimate of drug-likeness (QED) is 0.408.